The fourth-order valence-electron chi connectivity index (χ4n) is 5.24. The average Bonchev–Trinajstić information content (AvgIpc) is 3.26. The van der Waals surface area contributed by atoms with E-state index in [9.17, 15) is 0 Å². The van der Waals surface area contributed by atoms with Gasteiger partial charge in [-0.1, -0.05) is 6.42 Å². The minimum atomic E-state index is -1.81. The molecule has 0 spiro atoms. The Morgan fingerprint density at radius 3 is 1.75 bits per heavy atom. The standard InChI is InChI=1S/C18H35BN2O2P/c1-22-14-16-8-6-12-20(16)24(19,18-10-4-3-5-11-18)21-13-7-9-17(21)15-23-2/h16-18H,3-15H2,1-2H3/q+1/t16-,17-/m0/s1. The van der Waals surface area contributed by atoms with Crippen LogP contribution in [0.25, 0.3) is 0 Å². The van der Waals surface area contributed by atoms with Crippen LogP contribution in [0.15, 0.2) is 0 Å². The van der Waals surface area contributed by atoms with Crippen molar-refractivity contribution in [3.8, 4) is 0 Å². The molecule has 0 N–H and O–H groups in total. The molecule has 4 nitrogen and oxygen atoms in total. The molecule has 0 aromatic rings. The van der Waals surface area contributed by atoms with Gasteiger partial charge >= 0.3 is 7.57 Å². The third-order valence-corrected chi connectivity index (χ3v) is 10.6. The van der Waals surface area contributed by atoms with E-state index in [0.717, 1.165) is 26.3 Å². The maximum Gasteiger partial charge on any atom is 0.409 e. The van der Waals surface area contributed by atoms with Crippen LogP contribution >= 0.6 is 7.44 Å². The van der Waals surface area contributed by atoms with Gasteiger partial charge in [-0.15, -0.1) is 0 Å². The van der Waals surface area contributed by atoms with Gasteiger partial charge in [0.2, 0.25) is 0 Å². The normalized spacial score (nSPS) is 31.1. The maximum atomic E-state index is 7.48. The smallest absolute Gasteiger partial charge is 0.383 e. The number of methoxy groups -OCH3 is 2. The first-order valence-electron chi connectivity index (χ1n) is 9.91. The lowest BCUT2D eigenvalue weighted by Gasteiger charge is -2.48. The quantitative estimate of drug-likeness (QED) is 0.517. The molecule has 3 fully saturated rings. The summed E-state index contributed by atoms with van der Waals surface area (Å²) in [4.78, 5) is 0. The number of nitrogens with zero attached hydrogens (tertiary/aromatic N) is 2. The van der Waals surface area contributed by atoms with Crippen molar-refractivity contribution < 1.29 is 9.47 Å². The first-order valence-corrected chi connectivity index (χ1v) is 11.7. The third-order valence-electron chi connectivity index (χ3n) is 6.35. The Balaban J connectivity index is 1.87. The van der Waals surface area contributed by atoms with E-state index in [2.05, 4.69) is 9.34 Å². The van der Waals surface area contributed by atoms with Crippen LogP contribution in [0.2, 0.25) is 0 Å². The summed E-state index contributed by atoms with van der Waals surface area (Å²) < 4.78 is 16.6. The van der Waals surface area contributed by atoms with Crippen LogP contribution in [0.5, 0.6) is 0 Å². The lowest BCUT2D eigenvalue weighted by molar-refractivity contribution is 0.135. The third kappa shape index (κ3) is 3.71. The van der Waals surface area contributed by atoms with Gasteiger partial charge in [0.05, 0.1) is 31.0 Å². The average molecular weight is 353 g/mol. The number of ether oxygens (including phenoxy) is 2. The van der Waals surface area contributed by atoms with Crippen molar-refractivity contribution in [1.82, 2.24) is 9.34 Å². The molecular formula is C18H35BN2O2P+. The maximum absolute atomic E-state index is 7.48. The van der Waals surface area contributed by atoms with Gasteiger partial charge in [0.15, 0.2) is 0 Å². The van der Waals surface area contributed by atoms with E-state index >= 15 is 0 Å². The van der Waals surface area contributed by atoms with E-state index in [4.69, 9.17) is 17.0 Å². The Labute approximate surface area is 150 Å². The lowest BCUT2D eigenvalue weighted by Crippen LogP contribution is -2.48. The van der Waals surface area contributed by atoms with Gasteiger partial charge in [0, 0.05) is 27.3 Å². The van der Waals surface area contributed by atoms with Crippen molar-refractivity contribution in [2.45, 2.75) is 75.5 Å². The molecule has 3 rings (SSSR count). The van der Waals surface area contributed by atoms with Crippen LogP contribution < -0.4 is 0 Å². The Morgan fingerprint density at radius 1 is 0.792 bits per heavy atom. The molecule has 0 bridgehead atoms. The van der Waals surface area contributed by atoms with Gasteiger partial charge in [-0.25, -0.2) is 0 Å². The summed E-state index contributed by atoms with van der Waals surface area (Å²) in [6.45, 7) is 3.97. The minimum absolute atomic E-state index is 0.513. The molecule has 2 atom stereocenters. The molecule has 2 heterocycles. The van der Waals surface area contributed by atoms with E-state index in [-0.39, 0.29) is 0 Å². The monoisotopic (exact) mass is 353 g/mol. The molecule has 0 amide bonds. The fraction of sp³-hybridized carbons (Fsp3) is 1.00. The Morgan fingerprint density at radius 2 is 1.29 bits per heavy atom. The first-order chi connectivity index (χ1) is 11.7. The summed E-state index contributed by atoms with van der Waals surface area (Å²) >= 11 is 0. The lowest BCUT2D eigenvalue weighted by atomic mass is 10.0. The molecule has 2 aliphatic heterocycles. The number of hydrogen-bond donors (Lipinski definition) is 0. The largest absolute Gasteiger partial charge is 0.409 e. The van der Waals surface area contributed by atoms with Crippen LogP contribution in [0.3, 0.4) is 0 Å². The second-order valence-corrected chi connectivity index (χ2v) is 11.0. The van der Waals surface area contributed by atoms with Gasteiger partial charge in [-0.2, -0.15) is 9.34 Å². The highest BCUT2D eigenvalue weighted by molar-refractivity contribution is 7.94. The zero-order valence-corrected chi connectivity index (χ0v) is 16.6. The zero-order chi connectivity index (χ0) is 17.0. The van der Waals surface area contributed by atoms with Crippen molar-refractivity contribution in [2.75, 3.05) is 40.5 Å². The molecule has 3 aliphatic rings. The molecule has 24 heavy (non-hydrogen) atoms. The Hall–Kier alpha value is 0.335. The second kappa shape index (κ2) is 8.82. The molecule has 0 aromatic heterocycles. The van der Waals surface area contributed by atoms with Crippen LogP contribution in [0.1, 0.15) is 57.8 Å². The van der Waals surface area contributed by atoms with E-state index in [1.165, 1.54) is 57.8 Å². The summed E-state index contributed by atoms with van der Waals surface area (Å²) in [6.07, 6.45) is 11.7. The number of hydrogen-bond acceptors (Lipinski definition) is 4. The van der Waals surface area contributed by atoms with E-state index in [1.807, 2.05) is 14.2 Å². The Kier molecular flexibility index (Phi) is 7.02. The van der Waals surface area contributed by atoms with E-state index < -0.39 is 7.44 Å². The molecule has 0 unspecified atom stereocenters. The van der Waals surface area contributed by atoms with E-state index in [1.54, 1.807) is 0 Å². The van der Waals surface area contributed by atoms with Gasteiger partial charge in [0.25, 0.3) is 0 Å². The highest BCUT2D eigenvalue weighted by Crippen LogP contribution is 2.71. The van der Waals surface area contributed by atoms with Crippen LogP contribution in [-0.4, -0.2) is 75.2 Å². The van der Waals surface area contributed by atoms with Crippen LogP contribution in [-0.2, 0) is 9.47 Å². The summed E-state index contributed by atoms with van der Waals surface area (Å²) in [5, 5.41) is 0. The molecule has 2 radical (unpaired) electrons. The van der Waals surface area contributed by atoms with Gasteiger partial charge in [-0.3, -0.25) is 0 Å². The molecule has 0 aromatic carbocycles. The van der Waals surface area contributed by atoms with Crippen molar-refractivity contribution >= 4 is 15.0 Å². The number of rotatable bonds is 7. The second-order valence-electron chi connectivity index (χ2n) is 7.82. The predicted octanol–water partition coefficient (Wildman–Crippen LogP) is 3.47. The van der Waals surface area contributed by atoms with Crippen molar-refractivity contribution in [3.63, 3.8) is 0 Å². The highest BCUT2D eigenvalue weighted by Gasteiger charge is 2.58. The zero-order valence-electron chi connectivity index (χ0n) is 15.7. The minimum Gasteiger partial charge on any atom is -0.383 e. The SMILES string of the molecule is [B][P+](C1CCCCC1)(N1CCC[C@H]1COC)N1CCC[C@H]1COC. The topological polar surface area (TPSA) is 24.9 Å². The first kappa shape index (κ1) is 19.1. The van der Waals surface area contributed by atoms with E-state index in [0.29, 0.717) is 17.7 Å². The van der Waals surface area contributed by atoms with Crippen molar-refractivity contribution in [3.05, 3.63) is 0 Å². The molecule has 1 aliphatic carbocycles. The van der Waals surface area contributed by atoms with Crippen LogP contribution in [0.4, 0.5) is 0 Å². The molecule has 1 saturated carbocycles. The highest BCUT2D eigenvalue weighted by atomic mass is 31.2. The Bertz CT molecular complexity index is 371. The van der Waals surface area contributed by atoms with Gasteiger partial charge in [-0.05, 0) is 51.4 Å². The molecule has 2 saturated heterocycles. The summed E-state index contributed by atoms with van der Waals surface area (Å²) in [7, 11) is 9.33. The summed E-state index contributed by atoms with van der Waals surface area (Å²) in [5.41, 5.74) is 0.682. The summed E-state index contributed by atoms with van der Waals surface area (Å²) in [6, 6.07) is 1.03. The van der Waals surface area contributed by atoms with Gasteiger partial charge in [0.1, 0.15) is 7.44 Å². The van der Waals surface area contributed by atoms with Gasteiger partial charge < -0.3 is 9.47 Å². The predicted molar refractivity (Wildman–Crippen MR) is 103 cm³/mol. The summed E-state index contributed by atoms with van der Waals surface area (Å²) in [5.74, 6) is 0. The van der Waals surface area contributed by atoms with Crippen molar-refractivity contribution in [1.29, 1.82) is 0 Å². The fourth-order valence-corrected chi connectivity index (χ4v) is 9.83. The van der Waals surface area contributed by atoms with Crippen molar-refractivity contribution in [2.24, 2.45) is 0 Å². The molecular weight excluding hydrogens is 318 g/mol. The van der Waals surface area contributed by atoms with Crippen LogP contribution in [0, 0.1) is 0 Å². The molecule has 136 valence electrons. The molecule has 6 heteroatoms.